The van der Waals surface area contributed by atoms with Gasteiger partial charge in [0.2, 0.25) is 11.8 Å². The highest BCUT2D eigenvalue weighted by atomic mass is 16.2. The number of hydrogen-bond acceptors (Lipinski definition) is 5. The number of piperazine rings is 1. The molecule has 0 aromatic carbocycles. The summed E-state index contributed by atoms with van der Waals surface area (Å²) in [5.74, 6) is 0.523. The molecule has 112 valence electrons. The maximum atomic E-state index is 12.9. The first-order valence-electron chi connectivity index (χ1n) is 7.53. The number of hydrogen-bond donors (Lipinski definition) is 1. The minimum atomic E-state index is -0.658. The molecule has 2 amide bonds. The van der Waals surface area contributed by atoms with Gasteiger partial charge in [0.05, 0.1) is 6.54 Å². The molecule has 0 spiro atoms. The zero-order valence-electron chi connectivity index (χ0n) is 11.8. The summed E-state index contributed by atoms with van der Waals surface area (Å²) in [7, 11) is 0. The summed E-state index contributed by atoms with van der Waals surface area (Å²) in [4.78, 5) is 28.7. The Hall–Kier alpha value is -1.99. The van der Waals surface area contributed by atoms with E-state index in [-0.39, 0.29) is 18.4 Å². The maximum Gasteiger partial charge on any atom is 0.242 e. The van der Waals surface area contributed by atoms with Crippen molar-refractivity contribution in [2.45, 2.75) is 43.6 Å². The van der Waals surface area contributed by atoms with E-state index in [0.717, 1.165) is 32.1 Å². The third-order valence-electron chi connectivity index (χ3n) is 4.92. The third kappa shape index (κ3) is 1.92. The second-order valence-corrected chi connectivity index (χ2v) is 6.22. The van der Waals surface area contributed by atoms with Gasteiger partial charge in [-0.25, -0.2) is 0 Å². The summed E-state index contributed by atoms with van der Waals surface area (Å²) < 4.78 is 0. The molecular weight excluding hydrogens is 272 g/mol. The fraction of sp³-hybridized carbons (Fsp3) is 0.769. The van der Waals surface area contributed by atoms with E-state index in [1.54, 1.807) is 4.90 Å². The molecule has 4 rings (SSSR count). The Kier molecular flexibility index (Phi) is 2.73. The zero-order valence-corrected chi connectivity index (χ0v) is 11.8. The summed E-state index contributed by atoms with van der Waals surface area (Å²) in [5.41, 5.74) is -0.658. The molecule has 1 N–H and O–H groups in total. The standard InChI is InChI=1S/C13H18N6O2/c20-10-8-18(6-7-19(10)9-2-3-9)12(21)13(4-1-5-13)11-14-16-17-15-11/h9H,1-8H2,(H,14,15,16,17). The van der Waals surface area contributed by atoms with Crippen molar-refractivity contribution in [1.29, 1.82) is 0 Å². The van der Waals surface area contributed by atoms with Crippen LogP contribution in [-0.2, 0) is 15.0 Å². The Labute approximate surface area is 121 Å². The molecule has 8 heteroatoms. The van der Waals surface area contributed by atoms with Gasteiger partial charge >= 0.3 is 0 Å². The van der Waals surface area contributed by atoms with Crippen LogP contribution >= 0.6 is 0 Å². The van der Waals surface area contributed by atoms with E-state index in [0.29, 0.717) is 25.0 Å². The van der Waals surface area contributed by atoms with Gasteiger partial charge in [0.25, 0.3) is 0 Å². The van der Waals surface area contributed by atoms with Crippen molar-refractivity contribution in [1.82, 2.24) is 30.4 Å². The van der Waals surface area contributed by atoms with Crippen LogP contribution in [0.5, 0.6) is 0 Å². The van der Waals surface area contributed by atoms with E-state index in [9.17, 15) is 9.59 Å². The van der Waals surface area contributed by atoms with E-state index in [2.05, 4.69) is 20.6 Å². The highest BCUT2D eigenvalue weighted by Gasteiger charge is 2.52. The van der Waals surface area contributed by atoms with E-state index >= 15 is 0 Å². The molecule has 1 saturated heterocycles. The summed E-state index contributed by atoms with van der Waals surface area (Å²) in [6.45, 7) is 1.45. The van der Waals surface area contributed by atoms with Gasteiger partial charge in [-0.2, -0.15) is 5.21 Å². The Bertz CT molecular complexity index is 563. The highest BCUT2D eigenvalue weighted by Crippen LogP contribution is 2.43. The third-order valence-corrected chi connectivity index (χ3v) is 4.92. The minimum absolute atomic E-state index is 0.0149. The monoisotopic (exact) mass is 290 g/mol. The van der Waals surface area contributed by atoms with Crippen LogP contribution in [-0.4, -0.2) is 67.9 Å². The smallest absolute Gasteiger partial charge is 0.242 e. The first-order valence-corrected chi connectivity index (χ1v) is 7.53. The zero-order chi connectivity index (χ0) is 14.4. The molecule has 2 heterocycles. The summed E-state index contributed by atoms with van der Waals surface area (Å²) in [6, 6.07) is 0.421. The van der Waals surface area contributed by atoms with Crippen LogP contribution in [0.1, 0.15) is 37.9 Å². The van der Waals surface area contributed by atoms with Crippen molar-refractivity contribution in [2.75, 3.05) is 19.6 Å². The normalized spacial score (nSPS) is 24.9. The lowest BCUT2D eigenvalue weighted by atomic mass is 9.67. The highest BCUT2D eigenvalue weighted by molar-refractivity contribution is 5.92. The number of H-pyrrole nitrogens is 1. The van der Waals surface area contributed by atoms with Crippen LogP contribution in [0.2, 0.25) is 0 Å². The summed E-state index contributed by atoms with van der Waals surface area (Å²) in [6.07, 6.45) is 4.67. The lowest BCUT2D eigenvalue weighted by Gasteiger charge is -2.43. The first kappa shape index (κ1) is 12.7. The molecule has 3 aliphatic rings. The largest absolute Gasteiger partial charge is 0.336 e. The second kappa shape index (κ2) is 4.51. The number of tetrazole rings is 1. The van der Waals surface area contributed by atoms with Crippen molar-refractivity contribution < 1.29 is 9.59 Å². The van der Waals surface area contributed by atoms with E-state index in [4.69, 9.17) is 0 Å². The second-order valence-electron chi connectivity index (χ2n) is 6.22. The molecule has 0 atom stereocenters. The molecule has 8 nitrogen and oxygen atoms in total. The van der Waals surface area contributed by atoms with Crippen molar-refractivity contribution in [3.63, 3.8) is 0 Å². The van der Waals surface area contributed by atoms with E-state index < -0.39 is 5.41 Å². The van der Waals surface area contributed by atoms with Gasteiger partial charge in [-0.05, 0) is 25.7 Å². The van der Waals surface area contributed by atoms with Crippen LogP contribution in [0.3, 0.4) is 0 Å². The van der Waals surface area contributed by atoms with E-state index in [1.165, 1.54) is 0 Å². The number of nitrogens with zero attached hydrogens (tertiary/aromatic N) is 5. The maximum absolute atomic E-state index is 12.9. The summed E-state index contributed by atoms with van der Waals surface area (Å²) in [5, 5.41) is 14.0. The quantitative estimate of drug-likeness (QED) is 0.806. The van der Waals surface area contributed by atoms with Gasteiger partial charge in [-0.1, -0.05) is 11.6 Å². The van der Waals surface area contributed by atoms with Gasteiger partial charge in [-0.3, -0.25) is 9.59 Å². The van der Waals surface area contributed by atoms with Crippen molar-refractivity contribution in [3.8, 4) is 0 Å². The lowest BCUT2D eigenvalue weighted by Crippen LogP contribution is -2.59. The Morgan fingerprint density at radius 1 is 1.29 bits per heavy atom. The molecule has 2 aliphatic carbocycles. The van der Waals surface area contributed by atoms with Crippen LogP contribution < -0.4 is 0 Å². The average Bonchev–Trinajstić information content (AvgIpc) is 3.13. The number of amides is 2. The lowest BCUT2D eigenvalue weighted by molar-refractivity contribution is -0.151. The molecule has 3 fully saturated rings. The fourth-order valence-electron chi connectivity index (χ4n) is 3.36. The number of carbonyl (C=O) groups excluding carboxylic acids is 2. The molecule has 21 heavy (non-hydrogen) atoms. The number of aromatic nitrogens is 4. The number of rotatable bonds is 3. The number of aromatic amines is 1. The van der Waals surface area contributed by atoms with Gasteiger partial charge in [0.1, 0.15) is 5.41 Å². The predicted octanol–water partition coefficient (Wildman–Crippen LogP) is -0.545. The molecule has 1 aromatic heterocycles. The average molecular weight is 290 g/mol. The van der Waals surface area contributed by atoms with Crippen LogP contribution in [0.4, 0.5) is 0 Å². The van der Waals surface area contributed by atoms with Crippen LogP contribution in [0, 0.1) is 0 Å². The molecule has 1 aliphatic heterocycles. The first-order chi connectivity index (χ1) is 10.2. The molecule has 0 unspecified atom stereocenters. The summed E-state index contributed by atoms with van der Waals surface area (Å²) >= 11 is 0. The minimum Gasteiger partial charge on any atom is -0.336 e. The Morgan fingerprint density at radius 2 is 2.10 bits per heavy atom. The molecular formula is C13H18N6O2. The van der Waals surface area contributed by atoms with Gasteiger partial charge in [-0.15, -0.1) is 10.2 Å². The topological polar surface area (TPSA) is 95.1 Å². The Balaban J connectivity index is 1.51. The molecule has 2 saturated carbocycles. The molecule has 0 radical (unpaired) electrons. The van der Waals surface area contributed by atoms with Gasteiger partial charge in [0.15, 0.2) is 5.82 Å². The fourth-order valence-corrected chi connectivity index (χ4v) is 3.36. The molecule has 1 aromatic rings. The van der Waals surface area contributed by atoms with Crippen molar-refractivity contribution in [2.24, 2.45) is 0 Å². The number of carbonyl (C=O) groups is 2. The predicted molar refractivity (Wildman–Crippen MR) is 71.0 cm³/mol. The molecule has 0 bridgehead atoms. The van der Waals surface area contributed by atoms with Crippen LogP contribution in [0.15, 0.2) is 0 Å². The van der Waals surface area contributed by atoms with Crippen LogP contribution in [0.25, 0.3) is 0 Å². The van der Waals surface area contributed by atoms with Crippen molar-refractivity contribution >= 4 is 11.8 Å². The SMILES string of the molecule is O=C1CN(C(=O)C2(c3nn[nH]n3)CCC2)CCN1C1CC1. The number of nitrogens with one attached hydrogen (secondary N) is 1. The van der Waals surface area contributed by atoms with Gasteiger partial charge in [0, 0.05) is 19.1 Å². The van der Waals surface area contributed by atoms with Crippen molar-refractivity contribution in [3.05, 3.63) is 5.82 Å². The van der Waals surface area contributed by atoms with E-state index in [1.807, 2.05) is 4.90 Å². The van der Waals surface area contributed by atoms with Gasteiger partial charge < -0.3 is 9.80 Å². The Morgan fingerprint density at radius 3 is 2.62 bits per heavy atom.